The number of rotatable bonds is 4. The van der Waals surface area contributed by atoms with Gasteiger partial charge in [0.2, 0.25) is 5.95 Å². The molecule has 0 spiro atoms. The van der Waals surface area contributed by atoms with Crippen molar-refractivity contribution in [1.82, 2.24) is 19.9 Å². The maximum absolute atomic E-state index is 14.8. The van der Waals surface area contributed by atoms with Gasteiger partial charge in [0.25, 0.3) is 5.03 Å². The first-order chi connectivity index (χ1) is 13.6. The Kier molecular flexibility index (Phi) is 4.96. The summed E-state index contributed by atoms with van der Waals surface area (Å²) in [5.74, 6) is -0.310. The van der Waals surface area contributed by atoms with Crippen molar-refractivity contribution in [1.29, 1.82) is 0 Å². The van der Waals surface area contributed by atoms with Crippen LogP contribution in [-0.4, -0.2) is 24.5 Å². The minimum absolute atomic E-state index is 0.127. The van der Waals surface area contributed by atoms with Crippen LogP contribution in [0.3, 0.4) is 0 Å². The lowest BCUT2D eigenvalue weighted by Gasteiger charge is -2.13. The van der Waals surface area contributed by atoms with E-state index in [0.29, 0.717) is 32.2 Å². The quantitative estimate of drug-likeness (QED) is 0.422. The predicted octanol–water partition coefficient (Wildman–Crippen LogP) is 3.49. The molecule has 0 saturated carbocycles. The highest BCUT2D eigenvalue weighted by molar-refractivity contribution is 7.91. The topological polar surface area (TPSA) is 101 Å². The van der Waals surface area contributed by atoms with Crippen LogP contribution in [0.15, 0.2) is 83.4 Å². The Labute approximate surface area is 163 Å². The Balaban J connectivity index is 1.74. The summed E-state index contributed by atoms with van der Waals surface area (Å²) in [6.45, 7) is 0. The second-order valence-electron chi connectivity index (χ2n) is 5.84. The van der Waals surface area contributed by atoms with Crippen molar-refractivity contribution < 1.29 is 8.94 Å². The molecule has 8 heteroatoms. The van der Waals surface area contributed by atoms with Crippen molar-refractivity contribution in [2.24, 2.45) is 0 Å². The highest BCUT2D eigenvalue weighted by Gasteiger charge is 2.21. The van der Waals surface area contributed by atoms with Gasteiger partial charge < -0.3 is 10.3 Å². The smallest absolute Gasteiger partial charge is 0.253 e. The molecule has 0 aliphatic heterocycles. The first-order valence-corrected chi connectivity index (χ1v) is 9.43. The highest BCUT2D eigenvalue weighted by Crippen LogP contribution is 2.33. The normalized spacial score (nSPS) is 11.9. The number of aromatic nitrogens is 4. The fraction of sp³-hybridized carbons (Fsp3) is 0. The van der Waals surface area contributed by atoms with Crippen molar-refractivity contribution in [2.75, 3.05) is 5.73 Å². The van der Waals surface area contributed by atoms with Crippen LogP contribution >= 0.6 is 0 Å². The van der Waals surface area contributed by atoms with Gasteiger partial charge in [0.05, 0.1) is 0 Å². The first-order valence-electron chi connectivity index (χ1n) is 8.28. The van der Waals surface area contributed by atoms with Crippen LogP contribution < -0.4 is 5.73 Å². The zero-order valence-electron chi connectivity index (χ0n) is 14.5. The third-order valence-electron chi connectivity index (χ3n) is 4.09. The van der Waals surface area contributed by atoms with Gasteiger partial charge in [-0.25, -0.2) is 19.3 Å². The fourth-order valence-electron chi connectivity index (χ4n) is 2.76. The molecule has 0 amide bonds. The first kappa shape index (κ1) is 18.0. The van der Waals surface area contributed by atoms with Crippen LogP contribution in [0.25, 0.3) is 22.3 Å². The van der Waals surface area contributed by atoms with Crippen LogP contribution in [-0.2, 0) is 11.2 Å². The molecule has 0 radical (unpaired) electrons. The average Bonchev–Trinajstić information content (AvgIpc) is 2.74. The van der Waals surface area contributed by atoms with Gasteiger partial charge in [-0.3, -0.25) is 0 Å². The molecule has 4 rings (SSSR count). The molecule has 2 aromatic carbocycles. The van der Waals surface area contributed by atoms with Crippen LogP contribution in [0.4, 0.5) is 10.3 Å². The molecular weight excluding hydrogens is 377 g/mol. The van der Waals surface area contributed by atoms with Crippen LogP contribution in [0, 0.1) is 5.82 Å². The van der Waals surface area contributed by atoms with E-state index in [1.165, 1.54) is 31.0 Å². The lowest BCUT2D eigenvalue weighted by atomic mass is 10.0. The van der Waals surface area contributed by atoms with Gasteiger partial charge in [0.1, 0.15) is 12.1 Å². The van der Waals surface area contributed by atoms with Gasteiger partial charge in [-0.15, -0.1) is 0 Å². The van der Waals surface area contributed by atoms with Gasteiger partial charge in [0, 0.05) is 52.5 Å². The zero-order chi connectivity index (χ0) is 19.5. The summed E-state index contributed by atoms with van der Waals surface area (Å²) in [5.41, 5.74) is 7.64. The Morgan fingerprint density at radius 1 is 0.893 bits per heavy atom. The van der Waals surface area contributed by atoms with Gasteiger partial charge in [0.15, 0.2) is 4.90 Å². The third kappa shape index (κ3) is 3.55. The predicted molar refractivity (Wildman–Crippen MR) is 104 cm³/mol. The molecule has 138 valence electrons. The second kappa shape index (κ2) is 7.71. The van der Waals surface area contributed by atoms with Crippen LogP contribution in [0.5, 0.6) is 0 Å². The van der Waals surface area contributed by atoms with E-state index in [4.69, 9.17) is 5.73 Å². The van der Waals surface area contributed by atoms with Gasteiger partial charge in [-0.1, -0.05) is 24.3 Å². The van der Waals surface area contributed by atoms with Gasteiger partial charge in [-0.2, -0.15) is 4.98 Å². The van der Waals surface area contributed by atoms with Crippen LogP contribution in [0.2, 0.25) is 0 Å². The molecular formula is C20H14FN5OS. The minimum atomic E-state index is -1.52. The average molecular weight is 391 g/mol. The monoisotopic (exact) mass is 391 g/mol. The van der Waals surface area contributed by atoms with Crippen molar-refractivity contribution >= 4 is 17.1 Å². The molecule has 0 saturated heterocycles. The standard InChI is InChI=1S/C20H14FN5OS/c21-17-9-13(5-6-15(17)14-10-24-20(22)25-11-14)16-3-1-2-4-18(16)28(27)19-7-8-23-12-26-19/h1-12H,(H2,22,24,25). The maximum Gasteiger partial charge on any atom is 0.253 e. The summed E-state index contributed by atoms with van der Waals surface area (Å²) in [6.07, 6.45) is 5.82. The fourth-order valence-corrected chi connectivity index (χ4v) is 3.90. The summed E-state index contributed by atoms with van der Waals surface area (Å²) in [6, 6.07) is 13.6. The largest absolute Gasteiger partial charge is 0.605 e. The van der Waals surface area contributed by atoms with E-state index in [1.54, 1.807) is 36.4 Å². The number of nitrogens with zero attached hydrogens (tertiary/aromatic N) is 4. The number of benzene rings is 2. The SMILES string of the molecule is Nc1ncc(-c2ccc(-c3ccccc3[S+]([O-])c3ccncn3)cc2F)cn1. The second-order valence-corrected chi connectivity index (χ2v) is 7.23. The molecule has 4 aromatic rings. The third-order valence-corrected chi connectivity index (χ3v) is 5.47. The van der Waals surface area contributed by atoms with E-state index in [0.717, 1.165) is 0 Å². The molecule has 1 atom stereocenters. The molecule has 2 heterocycles. The molecule has 0 aliphatic rings. The summed E-state index contributed by atoms with van der Waals surface area (Å²) in [4.78, 5) is 16.2. The Bertz CT molecular complexity index is 1110. The summed E-state index contributed by atoms with van der Waals surface area (Å²) < 4.78 is 27.7. The van der Waals surface area contributed by atoms with E-state index in [-0.39, 0.29) is 5.95 Å². The van der Waals surface area contributed by atoms with E-state index in [9.17, 15) is 8.94 Å². The minimum Gasteiger partial charge on any atom is -0.605 e. The van der Waals surface area contributed by atoms with E-state index in [2.05, 4.69) is 19.9 Å². The highest BCUT2D eigenvalue weighted by atomic mass is 32.2. The molecule has 2 N–H and O–H groups in total. The van der Waals surface area contributed by atoms with E-state index < -0.39 is 17.0 Å². The molecule has 2 aromatic heterocycles. The van der Waals surface area contributed by atoms with Crippen molar-refractivity contribution in [2.45, 2.75) is 9.92 Å². The molecule has 28 heavy (non-hydrogen) atoms. The number of halogens is 1. The lowest BCUT2D eigenvalue weighted by molar-refractivity contribution is 0.591. The zero-order valence-corrected chi connectivity index (χ0v) is 15.3. The number of nitrogens with two attached hydrogens (primary N) is 1. The number of anilines is 1. The number of nitrogen functional groups attached to an aromatic ring is 1. The Morgan fingerprint density at radius 3 is 2.39 bits per heavy atom. The molecule has 6 nitrogen and oxygen atoms in total. The van der Waals surface area contributed by atoms with E-state index in [1.807, 2.05) is 6.07 Å². The summed E-state index contributed by atoms with van der Waals surface area (Å²) >= 11 is -1.52. The Morgan fingerprint density at radius 2 is 1.68 bits per heavy atom. The van der Waals surface area contributed by atoms with Crippen molar-refractivity contribution in [3.63, 3.8) is 0 Å². The maximum atomic E-state index is 14.8. The number of hydrogen-bond donors (Lipinski definition) is 1. The Hall–Kier alpha value is -3.36. The van der Waals surface area contributed by atoms with E-state index >= 15 is 0 Å². The van der Waals surface area contributed by atoms with Crippen LogP contribution in [0.1, 0.15) is 0 Å². The molecule has 0 bridgehead atoms. The summed E-state index contributed by atoms with van der Waals surface area (Å²) in [5, 5.41) is 0.388. The van der Waals surface area contributed by atoms with Crippen molar-refractivity contribution in [3.8, 4) is 22.3 Å². The van der Waals surface area contributed by atoms with Crippen molar-refractivity contribution in [3.05, 3.63) is 79.3 Å². The molecule has 1 unspecified atom stereocenters. The number of hydrogen-bond acceptors (Lipinski definition) is 6. The molecule has 0 aliphatic carbocycles. The lowest BCUT2D eigenvalue weighted by Crippen LogP contribution is -2.06. The molecule has 0 fully saturated rings. The summed E-state index contributed by atoms with van der Waals surface area (Å²) in [7, 11) is 0. The van der Waals surface area contributed by atoms with Gasteiger partial charge >= 0.3 is 0 Å². The van der Waals surface area contributed by atoms with Gasteiger partial charge in [-0.05, 0) is 23.8 Å².